The summed E-state index contributed by atoms with van der Waals surface area (Å²) in [4.78, 5) is 22.6. The average molecular weight is 326 g/mol. The van der Waals surface area contributed by atoms with Gasteiger partial charge in [-0.25, -0.2) is 4.79 Å². The van der Waals surface area contributed by atoms with E-state index in [0.29, 0.717) is 28.0 Å². The fourth-order valence-electron chi connectivity index (χ4n) is 2.22. The lowest BCUT2D eigenvalue weighted by atomic mass is 10.1. The molecule has 0 spiro atoms. The Bertz CT molecular complexity index is 940. The number of fused-ring (bicyclic) bond motifs is 1. The topological polar surface area (TPSA) is 86.0 Å². The molecule has 1 heterocycles. The summed E-state index contributed by atoms with van der Waals surface area (Å²) in [6, 6.07) is 12.6. The third-order valence-electron chi connectivity index (χ3n) is 3.31. The van der Waals surface area contributed by atoms with E-state index in [0.717, 1.165) is 0 Å². The van der Waals surface area contributed by atoms with Crippen LogP contribution in [-0.2, 0) is 16.1 Å². The molecular weight excluding hydrogens is 312 g/mol. The fraction of sp³-hybridized carbons (Fsp3) is 0.111. The molecule has 3 rings (SSSR count). The summed E-state index contributed by atoms with van der Waals surface area (Å²) < 4.78 is 15.8. The van der Waals surface area contributed by atoms with Gasteiger partial charge in [-0.2, -0.15) is 0 Å². The minimum atomic E-state index is -0.536. The molecule has 0 bridgehead atoms. The number of carbonyl (C=O) groups excluding carboxylic acids is 1. The predicted octanol–water partition coefficient (Wildman–Crippen LogP) is 3.35. The average Bonchev–Trinajstić information content (AvgIpc) is 2.54. The van der Waals surface area contributed by atoms with E-state index < -0.39 is 11.6 Å². The maximum Gasteiger partial charge on any atom is 0.336 e. The molecular formula is C18H14O6. The van der Waals surface area contributed by atoms with Crippen LogP contribution in [0.4, 0.5) is 0 Å². The molecule has 1 N–H and O–H groups in total. The largest absolute Gasteiger partial charge is 0.508 e. The van der Waals surface area contributed by atoms with Crippen LogP contribution in [-0.4, -0.2) is 11.1 Å². The zero-order valence-electron chi connectivity index (χ0n) is 12.8. The molecule has 0 saturated heterocycles. The van der Waals surface area contributed by atoms with E-state index in [9.17, 15) is 14.7 Å². The number of hydrogen-bond donors (Lipinski definition) is 1. The molecule has 0 fully saturated rings. The standard InChI is InChI=1S/C18H14O6/c1-11(19)22-10-12-8-18(21)24-17-9-15(6-7-16(12)17)23-14-4-2-13(20)3-5-14/h2-9,20H,10H2,1H3. The molecule has 6 heteroatoms. The highest BCUT2D eigenvalue weighted by Gasteiger charge is 2.09. The molecule has 0 atom stereocenters. The van der Waals surface area contributed by atoms with Gasteiger partial charge in [0.05, 0.1) is 0 Å². The number of hydrogen-bond acceptors (Lipinski definition) is 6. The summed E-state index contributed by atoms with van der Waals surface area (Å²) in [5.41, 5.74) is 0.361. The second-order valence-electron chi connectivity index (χ2n) is 5.12. The number of rotatable bonds is 4. The number of phenols is 1. The Morgan fingerprint density at radius 3 is 2.50 bits per heavy atom. The van der Waals surface area contributed by atoms with Gasteiger partial charge >= 0.3 is 11.6 Å². The van der Waals surface area contributed by atoms with Crippen LogP contribution in [0.3, 0.4) is 0 Å². The van der Waals surface area contributed by atoms with Crippen molar-refractivity contribution in [1.29, 1.82) is 0 Å². The van der Waals surface area contributed by atoms with Gasteiger partial charge in [-0.1, -0.05) is 0 Å². The van der Waals surface area contributed by atoms with Gasteiger partial charge in [0.2, 0.25) is 0 Å². The van der Waals surface area contributed by atoms with Crippen LogP contribution < -0.4 is 10.4 Å². The van der Waals surface area contributed by atoms with Gasteiger partial charge in [0.25, 0.3) is 0 Å². The Hall–Kier alpha value is -3.28. The Balaban J connectivity index is 1.94. The summed E-state index contributed by atoms with van der Waals surface area (Å²) in [5.74, 6) is 0.720. The number of benzene rings is 2. The number of aromatic hydroxyl groups is 1. The van der Waals surface area contributed by atoms with Crippen LogP contribution in [0.2, 0.25) is 0 Å². The summed E-state index contributed by atoms with van der Waals surface area (Å²) in [6.07, 6.45) is 0. The quantitative estimate of drug-likeness (QED) is 0.584. The van der Waals surface area contributed by atoms with Crippen molar-refractivity contribution in [3.63, 3.8) is 0 Å². The highest BCUT2D eigenvalue weighted by Crippen LogP contribution is 2.27. The van der Waals surface area contributed by atoms with Gasteiger partial charge in [0.15, 0.2) is 0 Å². The summed E-state index contributed by atoms with van der Waals surface area (Å²) in [6.45, 7) is 1.30. The third-order valence-corrected chi connectivity index (χ3v) is 3.31. The second-order valence-corrected chi connectivity index (χ2v) is 5.12. The van der Waals surface area contributed by atoms with Gasteiger partial charge < -0.3 is 19.0 Å². The number of ether oxygens (including phenoxy) is 2. The van der Waals surface area contributed by atoms with E-state index in [4.69, 9.17) is 13.9 Å². The first kappa shape index (κ1) is 15.6. The van der Waals surface area contributed by atoms with Crippen LogP contribution in [0.15, 0.2) is 57.7 Å². The maximum atomic E-state index is 11.7. The maximum absolute atomic E-state index is 11.7. The van der Waals surface area contributed by atoms with Crippen molar-refractivity contribution in [2.24, 2.45) is 0 Å². The molecule has 0 unspecified atom stereocenters. The molecule has 24 heavy (non-hydrogen) atoms. The number of phenolic OH excluding ortho intramolecular Hbond substituents is 1. The van der Waals surface area contributed by atoms with E-state index in [-0.39, 0.29) is 12.4 Å². The van der Waals surface area contributed by atoms with Crippen LogP contribution >= 0.6 is 0 Å². The minimum Gasteiger partial charge on any atom is -0.508 e. The van der Waals surface area contributed by atoms with E-state index in [1.54, 1.807) is 30.3 Å². The zero-order valence-corrected chi connectivity index (χ0v) is 12.8. The third kappa shape index (κ3) is 3.55. The van der Waals surface area contributed by atoms with Gasteiger partial charge in [-0.05, 0) is 36.4 Å². The highest BCUT2D eigenvalue weighted by molar-refractivity contribution is 5.81. The molecule has 2 aromatic carbocycles. The summed E-state index contributed by atoms with van der Waals surface area (Å²) >= 11 is 0. The van der Waals surface area contributed by atoms with E-state index in [1.807, 2.05) is 0 Å². The lowest BCUT2D eigenvalue weighted by Gasteiger charge is -2.09. The van der Waals surface area contributed by atoms with Gasteiger partial charge in [-0.3, -0.25) is 4.79 Å². The molecule has 122 valence electrons. The molecule has 0 aliphatic carbocycles. The number of carbonyl (C=O) groups is 1. The Morgan fingerprint density at radius 1 is 1.08 bits per heavy atom. The van der Waals surface area contributed by atoms with Crippen molar-refractivity contribution in [3.05, 3.63) is 64.5 Å². The van der Waals surface area contributed by atoms with Gasteiger partial charge in [-0.15, -0.1) is 0 Å². The second kappa shape index (κ2) is 6.45. The first-order chi connectivity index (χ1) is 11.5. The molecule has 3 aromatic rings. The van der Waals surface area contributed by atoms with Crippen LogP contribution in [0.5, 0.6) is 17.2 Å². The van der Waals surface area contributed by atoms with Crippen molar-refractivity contribution >= 4 is 16.9 Å². The van der Waals surface area contributed by atoms with Crippen LogP contribution in [0.1, 0.15) is 12.5 Å². The van der Waals surface area contributed by atoms with Crippen LogP contribution in [0, 0.1) is 0 Å². The van der Waals surface area contributed by atoms with Crippen LogP contribution in [0.25, 0.3) is 11.0 Å². The van der Waals surface area contributed by atoms with E-state index >= 15 is 0 Å². The minimum absolute atomic E-state index is 0.00437. The van der Waals surface area contributed by atoms with Crippen molar-refractivity contribution in [2.75, 3.05) is 0 Å². The fourth-order valence-corrected chi connectivity index (χ4v) is 2.22. The lowest BCUT2D eigenvalue weighted by Crippen LogP contribution is -2.04. The summed E-state index contributed by atoms with van der Waals surface area (Å²) in [7, 11) is 0. The first-order valence-corrected chi connectivity index (χ1v) is 7.18. The molecule has 1 aromatic heterocycles. The SMILES string of the molecule is CC(=O)OCc1cc(=O)oc2cc(Oc3ccc(O)cc3)ccc12. The first-order valence-electron chi connectivity index (χ1n) is 7.18. The van der Waals surface area contributed by atoms with Gasteiger partial charge in [0, 0.05) is 30.0 Å². The van der Waals surface area contributed by atoms with Crippen molar-refractivity contribution in [2.45, 2.75) is 13.5 Å². The monoisotopic (exact) mass is 326 g/mol. The Kier molecular flexibility index (Phi) is 4.20. The zero-order chi connectivity index (χ0) is 17.1. The molecule has 0 aliphatic heterocycles. The molecule has 0 amide bonds. The predicted molar refractivity (Wildman–Crippen MR) is 86.1 cm³/mol. The Labute approximate surface area is 136 Å². The van der Waals surface area contributed by atoms with Crippen molar-refractivity contribution < 1.29 is 23.8 Å². The molecule has 0 aliphatic rings. The smallest absolute Gasteiger partial charge is 0.336 e. The highest BCUT2D eigenvalue weighted by atomic mass is 16.5. The van der Waals surface area contributed by atoms with E-state index in [1.165, 1.54) is 25.1 Å². The van der Waals surface area contributed by atoms with Crippen molar-refractivity contribution in [1.82, 2.24) is 0 Å². The normalized spacial score (nSPS) is 10.5. The van der Waals surface area contributed by atoms with Gasteiger partial charge in [0.1, 0.15) is 29.4 Å². The molecule has 0 radical (unpaired) electrons. The molecule has 0 saturated carbocycles. The molecule has 6 nitrogen and oxygen atoms in total. The lowest BCUT2D eigenvalue weighted by molar-refractivity contribution is -0.142. The van der Waals surface area contributed by atoms with Crippen molar-refractivity contribution in [3.8, 4) is 17.2 Å². The van der Waals surface area contributed by atoms with E-state index in [2.05, 4.69) is 0 Å². The Morgan fingerprint density at radius 2 is 1.79 bits per heavy atom. The summed E-state index contributed by atoms with van der Waals surface area (Å²) in [5, 5.41) is 9.93. The number of esters is 1.